The van der Waals surface area contributed by atoms with Gasteiger partial charge in [0.05, 0.1) is 12.3 Å². The third kappa shape index (κ3) is 2.49. The molecule has 0 aliphatic heterocycles. The third-order valence-electron chi connectivity index (χ3n) is 2.39. The molecule has 0 saturated heterocycles. The average molecular weight is 282 g/mol. The number of furan rings is 1. The van der Waals surface area contributed by atoms with Crippen molar-refractivity contribution in [3.8, 4) is 0 Å². The second-order valence-electron chi connectivity index (χ2n) is 3.43. The van der Waals surface area contributed by atoms with Crippen molar-refractivity contribution >= 4 is 15.9 Å². The van der Waals surface area contributed by atoms with Gasteiger partial charge in [0.15, 0.2) is 4.67 Å². The summed E-state index contributed by atoms with van der Waals surface area (Å²) in [4.78, 5) is 4.07. The summed E-state index contributed by atoms with van der Waals surface area (Å²) < 4.78 is 5.90. The van der Waals surface area contributed by atoms with Crippen molar-refractivity contribution in [1.29, 1.82) is 0 Å². The molecule has 2 aromatic rings. The minimum Gasteiger partial charge on any atom is -0.457 e. The Morgan fingerprint density at radius 1 is 1.50 bits per heavy atom. The van der Waals surface area contributed by atoms with E-state index in [-0.39, 0.29) is 6.04 Å². The zero-order valence-corrected chi connectivity index (χ0v) is 10.1. The minimum absolute atomic E-state index is 0.0114. The maximum Gasteiger partial charge on any atom is 0.173 e. The van der Waals surface area contributed by atoms with E-state index >= 15 is 0 Å². The number of pyridine rings is 1. The van der Waals surface area contributed by atoms with Crippen molar-refractivity contribution in [3.63, 3.8) is 0 Å². The maximum atomic E-state index is 5.55. The Balaban J connectivity index is 2.16. The third-order valence-corrected chi connectivity index (χ3v) is 3.03. The van der Waals surface area contributed by atoms with Gasteiger partial charge in [-0.05, 0) is 40.0 Å². The van der Waals surface area contributed by atoms with Gasteiger partial charge in [-0.1, -0.05) is 6.07 Å². The van der Waals surface area contributed by atoms with Crippen LogP contribution in [-0.4, -0.2) is 4.98 Å². The van der Waals surface area contributed by atoms with Crippen LogP contribution in [0.25, 0.3) is 0 Å². The SMILES string of the molecule is NNC(Cc1cccnc1)c1ccoc1Br. The Kier molecular flexibility index (Phi) is 3.71. The molecular weight excluding hydrogens is 270 g/mol. The lowest BCUT2D eigenvalue weighted by Crippen LogP contribution is -2.29. The van der Waals surface area contributed by atoms with Crippen molar-refractivity contribution in [2.24, 2.45) is 5.84 Å². The van der Waals surface area contributed by atoms with Gasteiger partial charge in [0.1, 0.15) is 0 Å². The number of nitrogens with zero attached hydrogens (tertiary/aromatic N) is 1. The smallest absolute Gasteiger partial charge is 0.173 e. The molecule has 0 fully saturated rings. The number of aromatic nitrogens is 1. The van der Waals surface area contributed by atoms with E-state index in [9.17, 15) is 0 Å². The lowest BCUT2D eigenvalue weighted by atomic mass is 10.0. The van der Waals surface area contributed by atoms with Crippen LogP contribution >= 0.6 is 15.9 Å². The van der Waals surface area contributed by atoms with E-state index < -0.39 is 0 Å². The Labute approximate surface area is 102 Å². The van der Waals surface area contributed by atoms with Gasteiger partial charge < -0.3 is 4.42 Å². The molecule has 0 aromatic carbocycles. The van der Waals surface area contributed by atoms with Crippen LogP contribution in [0.1, 0.15) is 17.2 Å². The molecule has 2 rings (SSSR count). The van der Waals surface area contributed by atoms with E-state index in [2.05, 4.69) is 26.3 Å². The zero-order chi connectivity index (χ0) is 11.4. The summed E-state index contributed by atoms with van der Waals surface area (Å²) in [6.45, 7) is 0. The Morgan fingerprint density at radius 2 is 2.38 bits per heavy atom. The van der Waals surface area contributed by atoms with Gasteiger partial charge in [0.2, 0.25) is 0 Å². The fourth-order valence-electron chi connectivity index (χ4n) is 1.57. The number of hydrogen-bond donors (Lipinski definition) is 2. The molecule has 1 unspecified atom stereocenters. The summed E-state index contributed by atoms with van der Waals surface area (Å²) >= 11 is 3.34. The van der Waals surface area contributed by atoms with Crippen LogP contribution in [0.5, 0.6) is 0 Å². The maximum absolute atomic E-state index is 5.55. The normalized spacial score (nSPS) is 12.6. The minimum atomic E-state index is 0.0114. The van der Waals surface area contributed by atoms with Crippen LogP contribution < -0.4 is 11.3 Å². The van der Waals surface area contributed by atoms with Crippen molar-refractivity contribution in [2.75, 3.05) is 0 Å². The van der Waals surface area contributed by atoms with E-state index in [4.69, 9.17) is 10.3 Å². The van der Waals surface area contributed by atoms with Crippen LogP contribution in [0.4, 0.5) is 0 Å². The second kappa shape index (κ2) is 5.25. The van der Waals surface area contributed by atoms with Crippen molar-refractivity contribution < 1.29 is 4.42 Å². The second-order valence-corrected chi connectivity index (χ2v) is 4.15. The summed E-state index contributed by atoms with van der Waals surface area (Å²) in [7, 11) is 0. The molecule has 0 amide bonds. The first-order chi connectivity index (χ1) is 7.81. The molecule has 0 aliphatic rings. The van der Waals surface area contributed by atoms with Crippen molar-refractivity contribution in [1.82, 2.24) is 10.4 Å². The molecule has 3 N–H and O–H groups in total. The summed E-state index contributed by atoms with van der Waals surface area (Å²) in [6.07, 6.45) is 5.98. The molecule has 1 atom stereocenters. The predicted octanol–water partition coefficient (Wildman–Crippen LogP) is 2.18. The molecule has 0 bridgehead atoms. The van der Waals surface area contributed by atoms with Gasteiger partial charge in [-0.3, -0.25) is 16.3 Å². The summed E-state index contributed by atoms with van der Waals surface area (Å²) in [6, 6.07) is 5.83. The van der Waals surface area contributed by atoms with Gasteiger partial charge in [-0.2, -0.15) is 0 Å². The summed E-state index contributed by atoms with van der Waals surface area (Å²) in [5, 5.41) is 0. The molecule has 2 heterocycles. The number of nitrogens with one attached hydrogen (secondary N) is 1. The van der Waals surface area contributed by atoms with Crippen LogP contribution in [0.3, 0.4) is 0 Å². The van der Waals surface area contributed by atoms with Crippen LogP contribution in [0, 0.1) is 0 Å². The molecule has 84 valence electrons. The van der Waals surface area contributed by atoms with Crippen molar-refractivity contribution in [3.05, 3.63) is 52.7 Å². The number of nitrogens with two attached hydrogens (primary N) is 1. The fraction of sp³-hybridized carbons (Fsp3) is 0.182. The van der Waals surface area contributed by atoms with Gasteiger partial charge in [0, 0.05) is 18.0 Å². The molecule has 5 heteroatoms. The highest BCUT2D eigenvalue weighted by Crippen LogP contribution is 2.26. The van der Waals surface area contributed by atoms with E-state index in [0.29, 0.717) is 4.67 Å². The molecule has 16 heavy (non-hydrogen) atoms. The highest BCUT2D eigenvalue weighted by Gasteiger charge is 2.15. The summed E-state index contributed by atoms with van der Waals surface area (Å²) in [5.74, 6) is 5.55. The quantitative estimate of drug-likeness (QED) is 0.666. The highest BCUT2D eigenvalue weighted by atomic mass is 79.9. The van der Waals surface area contributed by atoms with Gasteiger partial charge in [-0.15, -0.1) is 0 Å². The van der Waals surface area contributed by atoms with Crippen LogP contribution in [0.15, 0.2) is 45.9 Å². The van der Waals surface area contributed by atoms with Crippen LogP contribution in [0.2, 0.25) is 0 Å². The fourth-order valence-corrected chi connectivity index (χ4v) is 2.08. The van der Waals surface area contributed by atoms with Crippen molar-refractivity contribution in [2.45, 2.75) is 12.5 Å². The summed E-state index contributed by atoms with van der Waals surface area (Å²) in [5.41, 5.74) is 4.91. The molecule has 0 aliphatic carbocycles. The largest absolute Gasteiger partial charge is 0.457 e. The number of halogens is 1. The zero-order valence-electron chi connectivity index (χ0n) is 8.56. The topological polar surface area (TPSA) is 64.1 Å². The van der Waals surface area contributed by atoms with E-state index in [1.807, 2.05) is 24.4 Å². The monoisotopic (exact) mass is 281 g/mol. The van der Waals surface area contributed by atoms with E-state index in [1.54, 1.807) is 12.5 Å². The Bertz CT molecular complexity index is 444. The number of rotatable bonds is 4. The molecular formula is C11H12BrN3O. The van der Waals surface area contributed by atoms with E-state index in [0.717, 1.165) is 17.5 Å². The standard InChI is InChI=1S/C11H12BrN3O/c12-11-9(3-5-16-11)10(15-13)6-8-2-1-4-14-7-8/h1-5,7,10,15H,6,13H2. The molecule has 4 nitrogen and oxygen atoms in total. The molecule has 0 radical (unpaired) electrons. The molecule has 2 aromatic heterocycles. The highest BCUT2D eigenvalue weighted by molar-refractivity contribution is 9.10. The predicted molar refractivity (Wildman–Crippen MR) is 64.4 cm³/mol. The first kappa shape index (κ1) is 11.3. The number of hydrogen-bond acceptors (Lipinski definition) is 4. The number of hydrazine groups is 1. The Hall–Kier alpha value is -1.17. The van der Waals surface area contributed by atoms with Crippen LogP contribution in [-0.2, 0) is 6.42 Å². The first-order valence-electron chi connectivity index (χ1n) is 4.89. The average Bonchev–Trinajstić information content (AvgIpc) is 2.74. The molecule has 0 saturated carbocycles. The van der Waals surface area contributed by atoms with Gasteiger partial charge in [0.25, 0.3) is 0 Å². The van der Waals surface area contributed by atoms with Gasteiger partial charge >= 0.3 is 0 Å². The Morgan fingerprint density at radius 3 is 2.94 bits per heavy atom. The lowest BCUT2D eigenvalue weighted by molar-refractivity contribution is 0.506. The van der Waals surface area contributed by atoms with Gasteiger partial charge in [-0.25, -0.2) is 0 Å². The lowest BCUT2D eigenvalue weighted by Gasteiger charge is -2.14. The molecule has 0 spiro atoms. The van der Waals surface area contributed by atoms with E-state index in [1.165, 1.54) is 0 Å². The first-order valence-corrected chi connectivity index (χ1v) is 5.68.